The lowest BCUT2D eigenvalue weighted by Crippen LogP contribution is -2.56. The Bertz CT molecular complexity index is 3640. The van der Waals surface area contributed by atoms with Crippen LogP contribution in [0.5, 0.6) is 17.6 Å². The minimum Gasteiger partial charge on any atom is -0.508 e. The van der Waals surface area contributed by atoms with Gasteiger partial charge in [0.15, 0.2) is 11.6 Å². The molecule has 19 nitrogen and oxygen atoms in total. The van der Waals surface area contributed by atoms with E-state index in [4.69, 9.17) is 23.7 Å². The molecule has 0 radical (unpaired) electrons. The number of amides is 3. The lowest BCUT2D eigenvalue weighted by atomic mass is 9.91. The maximum absolute atomic E-state index is 17.1. The molecule has 3 aromatic carbocycles. The summed E-state index contributed by atoms with van der Waals surface area (Å²) in [5, 5.41) is 23.8. The molecule has 3 amide bonds. The van der Waals surface area contributed by atoms with E-state index in [1.807, 2.05) is 89.6 Å². The SMILES string of the molecule is CCc1cccc2cc(O)cc(-c3ncc4c(N5CC6CCC(C5)N6)nc(OC#CC5CC[C@@H](COC(=O)N6CC(Oc7cc([C@H](C(=O)N8CCC[C@H]8C(=O)N[C@@H](C)c8ccc(-c9scnc9C)cc8)C(C)C)on7)C6)N5C)nc4c3F)c12. The van der Waals surface area contributed by atoms with Gasteiger partial charge in [-0.25, -0.2) is 14.2 Å². The molecule has 0 spiro atoms. The number of thiazole rings is 1. The van der Waals surface area contributed by atoms with Gasteiger partial charge in [0.25, 0.3) is 5.88 Å². The number of anilines is 1. The van der Waals surface area contributed by atoms with Crippen molar-refractivity contribution in [1.29, 1.82) is 0 Å². The number of likely N-dealkylation sites (tertiary alicyclic amines) is 3. The second kappa shape index (κ2) is 23.4. The van der Waals surface area contributed by atoms with Gasteiger partial charge in [-0.1, -0.05) is 63.2 Å². The van der Waals surface area contributed by atoms with Crippen LogP contribution in [0.2, 0.25) is 0 Å². The van der Waals surface area contributed by atoms with Crippen molar-refractivity contribution in [2.45, 2.75) is 128 Å². The zero-order chi connectivity index (χ0) is 57.6. The molecule has 9 heterocycles. The van der Waals surface area contributed by atoms with Crippen LogP contribution < -0.4 is 25.0 Å². The number of likely N-dealkylation sites (N-methyl/N-ethyl adjacent to an activating group) is 1. The summed E-state index contributed by atoms with van der Waals surface area (Å²) in [7, 11) is 1.93. The third-order valence-corrected chi connectivity index (χ3v) is 18.2. The van der Waals surface area contributed by atoms with Crippen LogP contribution in [0.15, 0.2) is 76.9 Å². The van der Waals surface area contributed by atoms with Gasteiger partial charge >= 0.3 is 12.1 Å². The summed E-state index contributed by atoms with van der Waals surface area (Å²) >= 11 is 1.60. The Balaban J connectivity index is 0.639. The molecule has 5 aliphatic rings. The van der Waals surface area contributed by atoms with E-state index in [2.05, 4.69) is 52.6 Å². The minimum absolute atomic E-state index is 0.00566. The quantitative estimate of drug-likeness (QED) is 0.0818. The normalized spacial score (nSPS) is 21.5. The Morgan fingerprint density at radius 1 is 0.976 bits per heavy atom. The first kappa shape index (κ1) is 55.6. The summed E-state index contributed by atoms with van der Waals surface area (Å²) in [5.74, 6) is 2.38. The number of carbonyl (C=O) groups excluding carboxylic acids is 3. The zero-order valence-electron chi connectivity index (χ0n) is 47.4. The number of hydrogen-bond donors (Lipinski definition) is 3. The molecule has 432 valence electrons. The highest BCUT2D eigenvalue weighted by molar-refractivity contribution is 7.13. The molecule has 12 rings (SSSR count). The summed E-state index contributed by atoms with van der Waals surface area (Å²) in [4.78, 5) is 68.3. The summed E-state index contributed by atoms with van der Waals surface area (Å²) in [6.45, 7) is 12.4. The molecular formula is C62H68FN11O8S. The number of fused-ring (bicyclic) bond motifs is 4. The lowest BCUT2D eigenvalue weighted by molar-refractivity contribution is -0.141. The average Bonchev–Trinajstić information content (AvgIpc) is 4.52. The molecule has 4 aromatic heterocycles. The molecule has 21 heteroatoms. The Morgan fingerprint density at radius 2 is 1.77 bits per heavy atom. The van der Waals surface area contributed by atoms with Crippen LogP contribution in [0.4, 0.5) is 15.0 Å². The number of aromatic nitrogens is 5. The number of rotatable bonds is 15. The highest BCUT2D eigenvalue weighted by Crippen LogP contribution is 2.40. The average molecular weight is 1150 g/mol. The van der Waals surface area contributed by atoms with Gasteiger partial charge in [0.2, 0.25) is 11.8 Å². The predicted molar refractivity (Wildman–Crippen MR) is 311 cm³/mol. The number of pyridine rings is 1. The fourth-order valence-electron chi connectivity index (χ4n) is 12.6. The van der Waals surface area contributed by atoms with Gasteiger partial charge in [0, 0.05) is 55.6 Å². The van der Waals surface area contributed by atoms with Crippen molar-refractivity contribution >= 4 is 56.7 Å². The highest BCUT2D eigenvalue weighted by atomic mass is 32.1. The summed E-state index contributed by atoms with van der Waals surface area (Å²) in [6, 6.07) is 18.1. The van der Waals surface area contributed by atoms with Gasteiger partial charge in [-0.2, -0.15) is 9.97 Å². The van der Waals surface area contributed by atoms with Crippen molar-refractivity contribution < 1.29 is 42.6 Å². The maximum Gasteiger partial charge on any atom is 0.410 e. The topological polar surface area (TPSA) is 214 Å². The van der Waals surface area contributed by atoms with Crippen molar-refractivity contribution in [3.63, 3.8) is 0 Å². The number of carbonyl (C=O) groups is 3. The first-order valence-electron chi connectivity index (χ1n) is 28.9. The number of phenolic OH excluding ortho intramolecular Hbond substituents is 1. The first-order valence-corrected chi connectivity index (χ1v) is 29.7. The summed E-state index contributed by atoms with van der Waals surface area (Å²) in [5.41, 5.74) is 6.45. The second-order valence-corrected chi connectivity index (χ2v) is 23.9. The smallest absolute Gasteiger partial charge is 0.410 e. The van der Waals surface area contributed by atoms with Crippen molar-refractivity contribution in [1.82, 2.24) is 50.4 Å². The van der Waals surface area contributed by atoms with Gasteiger partial charge in [-0.15, -0.1) is 11.3 Å². The van der Waals surface area contributed by atoms with Crippen LogP contribution in [0, 0.1) is 30.7 Å². The number of nitrogens with zero attached hydrogens (tertiary/aromatic N) is 9. The van der Waals surface area contributed by atoms with Gasteiger partial charge in [0.1, 0.15) is 53.6 Å². The van der Waals surface area contributed by atoms with Crippen LogP contribution in [0.3, 0.4) is 0 Å². The molecule has 5 aliphatic heterocycles. The Labute approximate surface area is 484 Å². The maximum atomic E-state index is 17.1. The molecule has 3 unspecified atom stereocenters. The van der Waals surface area contributed by atoms with Crippen LogP contribution >= 0.6 is 11.3 Å². The van der Waals surface area contributed by atoms with Crippen LogP contribution in [0.1, 0.15) is 101 Å². The van der Waals surface area contributed by atoms with Crippen LogP contribution in [-0.2, 0) is 20.7 Å². The molecule has 7 aromatic rings. The second-order valence-electron chi connectivity index (χ2n) is 23.0. The zero-order valence-corrected chi connectivity index (χ0v) is 48.2. The van der Waals surface area contributed by atoms with Gasteiger partial charge < -0.3 is 49.2 Å². The number of benzene rings is 3. The highest BCUT2D eigenvalue weighted by Gasteiger charge is 2.42. The van der Waals surface area contributed by atoms with E-state index in [0.717, 1.165) is 57.3 Å². The lowest BCUT2D eigenvalue weighted by Gasteiger charge is -2.37. The van der Waals surface area contributed by atoms with E-state index in [-0.39, 0.29) is 103 Å². The Morgan fingerprint density at radius 3 is 2.52 bits per heavy atom. The first-order chi connectivity index (χ1) is 40.2. The van der Waals surface area contributed by atoms with E-state index in [9.17, 15) is 19.5 Å². The number of aryl methyl sites for hydroxylation is 2. The monoisotopic (exact) mass is 1150 g/mol. The standard InChI is InChI=1S/C62H68FN11O8S/c1-7-37-10-8-11-40-24-45(75)25-47(53(37)40)55-54(63)56-48(27-64-55)58(72-28-41-17-18-42(29-72)67-41)69-61(68-56)79-23-21-43-19-20-44(71(43)6)32-80-62(78)73-30-46(31-73)81-51-26-50(82-70-51)52(34(2)3)60(77)74-22-9-12-49(74)59(76)66-35(4)38-13-15-39(16-14-38)57-36(5)65-33-83-57/h8,10-11,13-16,24-27,33-35,41-44,46,49,52,67,75H,7,9,12,17-20,22,28-32H2,1-6H3,(H,66,76)/t35-,41?,42?,43?,44-,49-,52+/m0/s1. The number of nitrogens with one attached hydrogen (secondary N) is 2. The third-order valence-electron chi connectivity index (χ3n) is 17.2. The van der Waals surface area contributed by atoms with E-state index < -0.39 is 23.9 Å². The third kappa shape index (κ3) is 11.2. The number of piperazine rings is 1. The van der Waals surface area contributed by atoms with Crippen molar-refractivity contribution in [2.75, 3.05) is 51.3 Å². The van der Waals surface area contributed by atoms with Gasteiger partial charge in [0.05, 0.1) is 46.6 Å². The number of ether oxygens (including phenoxy) is 3. The van der Waals surface area contributed by atoms with Crippen molar-refractivity contribution in [2.24, 2.45) is 5.92 Å². The van der Waals surface area contributed by atoms with E-state index in [0.29, 0.717) is 67.8 Å². The molecular weight excluding hydrogens is 1080 g/mol. The van der Waals surface area contributed by atoms with Crippen LogP contribution in [-0.4, -0.2) is 145 Å². The van der Waals surface area contributed by atoms with Crippen molar-refractivity contribution in [3.8, 4) is 51.4 Å². The molecule has 5 saturated heterocycles. The molecule has 0 saturated carbocycles. The Hall–Kier alpha value is -7.93. The van der Waals surface area contributed by atoms with Crippen LogP contribution in [0.25, 0.3) is 43.4 Å². The Kier molecular flexibility index (Phi) is 15.7. The summed E-state index contributed by atoms with van der Waals surface area (Å²) in [6.07, 6.45) is 9.09. The molecule has 3 N–H and O–H groups in total. The molecule has 5 fully saturated rings. The van der Waals surface area contributed by atoms with E-state index in [1.54, 1.807) is 45.5 Å². The fraction of sp³-hybridized carbons (Fsp3) is 0.452. The van der Waals surface area contributed by atoms with Crippen molar-refractivity contribution in [3.05, 3.63) is 101 Å². The number of halogens is 1. The number of hydrogen-bond acceptors (Lipinski definition) is 17. The summed E-state index contributed by atoms with van der Waals surface area (Å²) < 4.78 is 40.7. The molecule has 83 heavy (non-hydrogen) atoms. The fourth-order valence-corrected chi connectivity index (χ4v) is 13.5. The number of aromatic hydroxyl groups is 1. The predicted octanol–water partition coefficient (Wildman–Crippen LogP) is 8.92. The van der Waals surface area contributed by atoms with Gasteiger partial charge in [-0.3, -0.25) is 19.5 Å². The van der Waals surface area contributed by atoms with Gasteiger partial charge in [-0.05, 0) is 122 Å². The van der Waals surface area contributed by atoms with E-state index in [1.165, 1.54) is 0 Å². The minimum atomic E-state index is -0.690. The van der Waals surface area contributed by atoms with E-state index >= 15 is 4.39 Å². The molecule has 7 atom stereocenters. The number of phenols is 1. The molecule has 2 bridgehead atoms. The largest absolute Gasteiger partial charge is 0.508 e. The molecule has 0 aliphatic carbocycles.